The van der Waals surface area contributed by atoms with Gasteiger partial charge in [-0.1, -0.05) is 78.9 Å². The number of fused-ring (bicyclic) bond motifs is 3. The van der Waals surface area contributed by atoms with Gasteiger partial charge in [-0.05, 0) is 6.07 Å². The summed E-state index contributed by atoms with van der Waals surface area (Å²) in [6, 6.07) is 27.3. The second kappa shape index (κ2) is 6.22. The van der Waals surface area contributed by atoms with Crippen molar-refractivity contribution in [2.45, 2.75) is 0 Å². The Bertz CT molecular complexity index is 1270. The predicted molar refractivity (Wildman–Crippen MR) is 109 cm³/mol. The van der Waals surface area contributed by atoms with Crippen LogP contribution in [0.15, 0.2) is 91.1 Å². The molecule has 0 atom stereocenters. The van der Waals surface area contributed by atoms with Gasteiger partial charge >= 0.3 is 0 Å². The van der Waals surface area contributed by atoms with E-state index in [0.29, 0.717) is 16.8 Å². The van der Waals surface area contributed by atoms with E-state index in [0.717, 1.165) is 27.4 Å². The zero-order valence-corrected chi connectivity index (χ0v) is 14.5. The maximum atomic E-state index is 13.5. The van der Waals surface area contributed by atoms with Crippen LogP contribution in [-0.2, 0) is 0 Å². The van der Waals surface area contributed by atoms with E-state index in [9.17, 15) is 4.79 Å². The Labute approximate surface area is 156 Å². The second-order valence-corrected chi connectivity index (χ2v) is 6.50. The normalized spacial score (nSPS) is 11.1. The summed E-state index contributed by atoms with van der Waals surface area (Å²) in [4.78, 5) is 21.6. The molecule has 3 nitrogen and oxygen atoms in total. The van der Waals surface area contributed by atoms with Gasteiger partial charge in [0.15, 0.2) is 5.78 Å². The maximum Gasteiger partial charge on any atom is 0.197 e. The van der Waals surface area contributed by atoms with Crippen LogP contribution >= 0.6 is 0 Å². The summed E-state index contributed by atoms with van der Waals surface area (Å²) in [5.41, 5.74) is 4.73. The largest absolute Gasteiger partial charge is 0.354 e. The fourth-order valence-corrected chi connectivity index (χ4v) is 3.58. The van der Waals surface area contributed by atoms with E-state index in [1.165, 1.54) is 0 Å². The Kier molecular flexibility index (Phi) is 3.58. The Morgan fingerprint density at radius 1 is 0.741 bits per heavy atom. The third kappa shape index (κ3) is 2.52. The molecule has 5 aromatic rings. The number of aromatic amines is 1. The summed E-state index contributed by atoms with van der Waals surface area (Å²) in [5.74, 6) is -0.0286. The first-order valence-electron chi connectivity index (χ1n) is 8.87. The van der Waals surface area contributed by atoms with E-state index in [1.807, 2.05) is 85.1 Å². The lowest BCUT2D eigenvalue weighted by Gasteiger charge is -2.10. The minimum atomic E-state index is -0.0286. The molecule has 0 aliphatic heterocycles. The molecule has 27 heavy (non-hydrogen) atoms. The first-order chi connectivity index (χ1) is 13.3. The molecule has 2 heterocycles. The lowest BCUT2D eigenvalue weighted by Crippen LogP contribution is -2.06. The SMILES string of the molecule is O=C(c1ccccc1)c1c(-c2ccccc2)ncc2c1[nH]c1ccccc12. The van der Waals surface area contributed by atoms with Crippen LogP contribution in [0.3, 0.4) is 0 Å². The van der Waals surface area contributed by atoms with Crippen molar-refractivity contribution in [3.63, 3.8) is 0 Å². The van der Waals surface area contributed by atoms with Crippen LogP contribution in [0.4, 0.5) is 0 Å². The molecule has 3 heteroatoms. The summed E-state index contributed by atoms with van der Waals surface area (Å²) in [6.45, 7) is 0. The molecule has 0 spiro atoms. The lowest BCUT2D eigenvalue weighted by atomic mass is 9.96. The van der Waals surface area contributed by atoms with Crippen molar-refractivity contribution in [3.05, 3.63) is 102 Å². The van der Waals surface area contributed by atoms with Crippen LogP contribution in [0.1, 0.15) is 15.9 Å². The molecule has 128 valence electrons. The molecule has 5 rings (SSSR count). The molecule has 1 N–H and O–H groups in total. The Morgan fingerprint density at radius 3 is 2.19 bits per heavy atom. The maximum absolute atomic E-state index is 13.5. The number of aromatic nitrogens is 2. The highest BCUT2D eigenvalue weighted by molar-refractivity contribution is 6.22. The number of carbonyl (C=O) groups excluding carboxylic acids is 1. The van der Waals surface area contributed by atoms with Crippen molar-refractivity contribution in [2.24, 2.45) is 0 Å². The van der Waals surface area contributed by atoms with Crippen LogP contribution in [0.5, 0.6) is 0 Å². The summed E-state index contributed by atoms with van der Waals surface area (Å²) in [5, 5.41) is 2.03. The van der Waals surface area contributed by atoms with Gasteiger partial charge in [0.25, 0.3) is 0 Å². The third-order valence-corrected chi connectivity index (χ3v) is 4.87. The number of nitrogens with zero attached hydrogens (tertiary/aromatic N) is 1. The Morgan fingerprint density at radius 2 is 1.41 bits per heavy atom. The van der Waals surface area contributed by atoms with Crippen LogP contribution in [0.25, 0.3) is 33.1 Å². The minimum absolute atomic E-state index is 0.0286. The van der Waals surface area contributed by atoms with E-state index >= 15 is 0 Å². The summed E-state index contributed by atoms with van der Waals surface area (Å²) in [7, 11) is 0. The smallest absolute Gasteiger partial charge is 0.197 e. The van der Waals surface area contributed by atoms with Gasteiger partial charge in [0, 0.05) is 33.6 Å². The van der Waals surface area contributed by atoms with Crippen molar-refractivity contribution >= 4 is 27.6 Å². The van der Waals surface area contributed by atoms with Gasteiger partial charge in [-0.15, -0.1) is 0 Å². The molecule has 2 aromatic heterocycles. The van der Waals surface area contributed by atoms with Crippen molar-refractivity contribution < 1.29 is 4.79 Å². The van der Waals surface area contributed by atoms with Crippen molar-refractivity contribution in [2.75, 3.05) is 0 Å². The molecular formula is C24H16N2O. The van der Waals surface area contributed by atoms with Gasteiger partial charge in [-0.2, -0.15) is 0 Å². The predicted octanol–water partition coefficient (Wildman–Crippen LogP) is 5.61. The van der Waals surface area contributed by atoms with Crippen LogP contribution in [0, 0.1) is 0 Å². The van der Waals surface area contributed by atoms with Gasteiger partial charge < -0.3 is 4.98 Å². The minimum Gasteiger partial charge on any atom is -0.354 e. The molecule has 0 bridgehead atoms. The van der Waals surface area contributed by atoms with Gasteiger partial charge in [0.2, 0.25) is 0 Å². The highest BCUT2D eigenvalue weighted by Gasteiger charge is 2.21. The van der Waals surface area contributed by atoms with E-state index < -0.39 is 0 Å². The fourth-order valence-electron chi connectivity index (χ4n) is 3.58. The summed E-state index contributed by atoms with van der Waals surface area (Å²) >= 11 is 0. The molecule has 0 amide bonds. The number of para-hydroxylation sites is 1. The molecular weight excluding hydrogens is 332 g/mol. The average molecular weight is 348 g/mol. The molecule has 0 aliphatic rings. The number of pyridine rings is 1. The fraction of sp³-hybridized carbons (Fsp3) is 0. The van der Waals surface area contributed by atoms with Gasteiger partial charge in [-0.3, -0.25) is 9.78 Å². The highest BCUT2D eigenvalue weighted by Crippen LogP contribution is 2.33. The number of hydrogen-bond donors (Lipinski definition) is 1. The summed E-state index contributed by atoms with van der Waals surface area (Å²) < 4.78 is 0. The van der Waals surface area contributed by atoms with Crippen molar-refractivity contribution in [1.82, 2.24) is 9.97 Å². The number of benzene rings is 3. The Hall–Kier alpha value is -3.72. The molecule has 3 aromatic carbocycles. The zero-order chi connectivity index (χ0) is 18.2. The van der Waals surface area contributed by atoms with E-state index in [2.05, 4.69) is 11.1 Å². The van der Waals surface area contributed by atoms with Crippen LogP contribution in [0.2, 0.25) is 0 Å². The third-order valence-electron chi connectivity index (χ3n) is 4.87. The highest BCUT2D eigenvalue weighted by atomic mass is 16.1. The Balaban J connectivity index is 1.87. The molecule has 0 radical (unpaired) electrons. The monoisotopic (exact) mass is 348 g/mol. The number of hydrogen-bond acceptors (Lipinski definition) is 2. The number of rotatable bonds is 3. The first-order valence-corrected chi connectivity index (χ1v) is 8.87. The standard InChI is InChI=1S/C24H16N2O/c27-24(17-11-5-2-6-12-17)21-22(16-9-3-1-4-10-16)25-15-19-18-13-7-8-14-20(18)26-23(19)21/h1-15,26H. The van der Waals surface area contributed by atoms with Gasteiger partial charge in [0.05, 0.1) is 16.8 Å². The first kappa shape index (κ1) is 15.5. The van der Waals surface area contributed by atoms with Crippen LogP contribution < -0.4 is 0 Å². The van der Waals surface area contributed by atoms with Crippen LogP contribution in [-0.4, -0.2) is 15.8 Å². The quantitative estimate of drug-likeness (QED) is 0.431. The number of H-pyrrole nitrogens is 1. The number of nitrogens with one attached hydrogen (secondary N) is 1. The second-order valence-electron chi connectivity index (χ2n) is 6.50. The van der Waals surface area contributed by atoms with Gasteiger partial charge in [0.1, 0.15) is 0 Å². The molecule has 0 saturated heterocycles. The molecule has 0 fully saturated rings. The van der Waals surface area contributed by atoms with E-state index in [1.54, 1.807) is 0 Å². The lowest BCUT2D eigenvalue weighted by molar-refractivity contribution is 0.104. The molecule has 0 saturated carbocycles. The zero-order valence-electron chi connectivity index (χ0n) is 14.5. The molecule has 0 aliphatic carbocycles. The molecule has 0 unspecified atom stereocenters. The number of ketones is 1. The van der Waals surface area contributed by atoms with Gasteiger partial charge in [-0.25, -0.2) is 0 Å². The van der Waals surface area contributed by atoms with E-state index in [-0.39, 0.29) is 5.78 Å². The number of carbonyl (C=O) groups is 1. The van der Waals surface area contributed by atoms with Crippen molar-refractivity contribution in [1.29, 1.82) is 0 Å². The average Bonchev–Trinajstić information content (AvgIpc) is 3.12. The van der Waals surface area contributed by atoms with Crippen molar-refractivity contribution in [3.8, 4) is 11.3 Å². The summed E-state index contributed by atoms with van der Waals surface area (Å²) in [6.07, 6.45) is 1.86. The topological polar surface area (TPSA) is 45.8 Å². The van der Waals surface area contributed by atoms with E-state index in [4.69, 9.17) is 4.98 Å².